The highest BCUT2D eigenvalue weighted by atomic mass is 32.2. The first-order valence-electron chi connectivity index (χ1n) is 9.71. The van der Waals surface area contributed by atoms with Crippen molar-refractivity contribution in [1.29, 1.82) is 0 Å². The van der Waals surface area contributed by atoms with E-state index in [0.717, 1.165) is 24.2 Å². The minimum atomic E-state index is -0.550. The van der Waals surface area contributed by atoms with Crippen molar-refractivity contribution in [3.8, 4) is 11.8 Å². The van der Waals surface area contributed by atoms with Crippen molar-refractivity contribution in [2.45, 2.75) is 51.7 Å². The van der Waals surface area contributed by atoms with E-state index in [0.29, 0.717) is 18.3 Å². The Kier molecular flexibility index (Phi) is 8.03. The van der Waals surface area contributed by atoms with Gasteiger partial charge in [0, 0.05) is 26.4 Å². The number of carbonyl (C=O) groups excluding carboxylic acids is 1. The van der Waals surface area contributed by atoms with E-state index in [1.165, 1.54) is 17.3 Å². The van der Waals surface area contributed by atoms with Crippen LogP contribution in [0.4, 0.5) is 0 Å². The molecule has 150 valence electrons. The van der Waals surface area contributed by atoms with Gasteiger partial charge in [-0.1, -0.05) is 24.6 Å². The third kappa shape index (κ3) is 5.19. The fourth-order valence-electron chi connectivity index (χ4n) is 4.32. The molecule has 0 unspecified atom stereocenters. The van der Waals surface area contributed by atoms with Gasteiger partial charge in [0.2, 0.25) is 0 Å². The first kappa shape index (κ1) is 22.1. The number of allylic oxidation sites excluding steroid dienone is 1. The molecule has 0 spiro atoms. The Balaban J connectivity index is 2.11. The van der Waals surface area contributed by atoms with Crippen molar-refractivity contribution >= 4 is 17.7 Å². The lowest BCUT2D eigenvalue weighted by molar-refractivity contribution is -0.124. The molecule has 1 amide bonds. The van der Waals surface area contributed by atoms with Crippen LogP contribution in [-0.4, -0.2) is 53.6 Å². The van der Waals surface area contributed by atoms with Crippen LogP contribution in [0.25, 0.3) is 0 Å². The van der Waals surface area contributed by atoms with E-state index in [1.807, 2.05) is 25.3 Å². The van der Waals surface area contributed by atoms with Crippen LogP contribution in [-0.2, 0) is 4.79 Å². The predicted molar refractivity (Wildman–Crippen MR) is 112 cm³/mol. The average molecular weight is 392 g/mol. The molecular weight excluding hydrogens is 358 g/mol. The van der Waals surface area contributed by atoms with Crippen LogP contribution in [0, 0.1) is 35.5 Å². The van der Waals surface area contributed by atoms with E-state index in [-0.39, 0.29) is 23.8 Å². The number of rotatable bonds is 6. The highest BCUT2D eigenvalue weighted by Crippen LogP contribution is 2.52. The molecule has 6 atom stereocenters. The molecule has 0 aromatic heterocycles. The van der Waals surface area contributed by atoms with Crippen molar-refractivity contribution in [2.24, 2.45) is 23.7 Å². The predicted octanol–water partition coefficient (Wildman–Crippen LogP) is 3.07. The SMILES string of the molecule is CC#CC[C@@H](C)[C@H](O)/C=C/[C@@H]1[C@H]2C/C(=C(/SC)C(=O)N(C)C)C[C@H]2C[C@H]1O. The zero-order valence-electron chi connectivity index (χ0n) is 17.1. The van der Waals surface area contributed by atoms with Crippen LogP contribution in [0.5, 0.6) is 0 Å². The van der Waals surface area contributed by atoms with Gasteiger partial charge >= 0.3 is 0 Å². The summed E-state index contributed by atoms with van der Waals surface area (Å²) >= 11 is 1.53. The molecule has 4 nitrogen and oxygen atoms in total. The lowest BCUT2D eigenvalue weighted by atomic mass is 9.89. The number of likely N-dealkylation sites (N-methyl/N-ethyl adjacent to an activating group) is 1. The number of hydrogen-bond acceptors (Lipinski definition) is 4. The summed E-state index contributed by atoms with van der Waals surface area (Å²) in [6.07, 6.45) is 8.08. The Hall–Kier alpha value is -1.22. The molecule has 2 rings (SSSR count). The van der Waals surface area contributed by atoms with Gasteiger partial charge in [0.15, 0.2) is 0 Å². The summed E-state index contributed by atoms with van der Waals surface area (Å²) in [5.74, 6) is 6.83. The Morgan fingerprint density at radius 3 is 2.70 bits per heavy atom. The number of aliphatic hydroxyl groups excluding tert-OH is 2. The smallest absolute Gasteiger partial charge is 0.259 e. The Morgan fingerprint density at radius 2 is 2.11 bits per heavy atom. The third-order valence-electron chi connectivity index (χ3n) is 5.92. The summed E-state index contributed by atoms with van der Waals surface area (Å²) < 4.78 is 0. The van der Waals surface area contributed by atoms with Crippen molar-refractivity contribution in [3.05, 3.63) is 22.6 Å². The molecule has 0 radical (unpaired) electrons. The monoisotopic (exact) mass is 391 g/mol. The van der Waals surface area contributed by atoms with Crippen molar-refractivity contribution in [1.82, 2.24) is 4.90 Å². The number of fused-ring (bicyclic) bond motifs is 1. The van der Waals surface area contributed by atoms with Crippen LogP contribution >= 0.6 is 11.8 Å². The number of carbonyl (C=O) groups is 1. The summed E-state index contributed by atoms with van der Waals surface area (Å²) in [6, 6.07) is 0. The van der Waals surface area contributed by atoms with Crippen LogP contribution < -0.4 is 0 Å². The standard InChI is InChI=1S/C22H33NO3S/c1-6-7-8-14(2)19(24)10-9-17-18-12-16(11-15(18)13-20(17)25)21(27-5)22(26)23(3)4/h9-10,14-15,17-20,24-25H,8,11-13H2,1-5H3/b10-9+,21-16+/t14-,15+,17-,18+,19-,20-/m1/s1. The van der Waals surface area contributed by atoms with Crippen LogP contribution in [0.1, 0.15) is 39.5 Å². The molecule has 2 saturated carbocycles. The summed E-state index contributed by atoms with van der Waals surface area (Å²) in [7, 11) is 3.57. The van der Waals surface area contributed by atoms with E-state index in [2.05, 4.69) is 11.8 Å². The molecule has 2 aliphatic rings. The second-order valence-electron chi connectivity index (χ2n) is 8.03. The van der Waals surface area contributed by atoms with Crippen molar-refractivity contribution in [3.63, 3.8) is 0 Å². The maximum absolute atomic E-state index is 12.4. The fourth-order valence-corrected chi connectivity index (χ4v) is 5.13. The van der Waals surface area contributed by atoms with Gasteiger partial charge in [-0.3, -0.25) is 4.79 Å². The quantitative estimate of drug-likeness (QED) is 0.415. The van der Waals surface area contributed by atoms with Gasteiger partial charge < -0.3 is 15.1 Å². The van der Waals surface area contributed by atoms with Gasteiger partial charge in [-0.25, -0.2) is 0 Å². The van der Waals surface area contributed by atoms with E-state index >= 15 is 0 Å². The summed E-state index contributed by atoms with van der Waals surface area (Å²) in [6.45, 7) is 3.79. The maximum atomic E-state index is 12.4. The van der Waals surface area contributed by atoms with Crippen molar-refractivity contribution < 1.29 is 15.0 Å². The van der Waals surface area contributed by atoms with Crippen molar-refractivity contribution in [2.75, 3.05) is 20.4 Å². The lowest BCUT2D eigenvalue weighted by Gasteiger charge is -2.20. The number of nitrogens with zero attached hydrogens (tertiary/aromatic N) is 1. The van der Waals surface area contributed by atoms with Crippen LogP contribution in [0.15, 0.2) is 22.6 Å². The number of amides is 1. The van der Waals surface area contributed by atoms with Crippen LogP contribution in [0.3, 0.4) is 0 Å². The first-order chi connectivity index (χ1) is 12.8. The highest BCUT2D eigenvalue weighted by Gasteiger charge is 2.46. The molecule has 0 aromatic carbocycles. The molecule has 0 bridgehead atoms. The molecule has 2 aliphatic carbocycles. The van der Waals surface area contributed by atoms with Crippen LogP contribution in [0.2, 0.25) is 0 Å². The summed E-state index contributed by atoms with van der Waals surface area (Å²) in [5.41, 5.74) is 1.23. The van der Waals surface area contributed by atoms with Gasteiger partial charge in [-0.2, -0.15) is 0 Å². The molecule has 0 heterocycles. The minimum Gasteiger partial charge on any atom is -0.392 e. The van der Waals surface area contributed by atoms with Gasteiger partial charge in [-0.15, -0.1) is 23.6 Å². The van der Waals surface area contributed by atoms with Gasteiger partial charge in [0.05, 0.1) is 17.1 Å². The third-order valence-corrected chi connectivity index (χ3v) is 6.79. The van der Waals surface area contributed by atoms with Gasteiger partial charge in [0.25, 0.3) is 5.91 Å². The highest BCUT2D eigenvalue weighted by molar-refractivity contribution is 8.03. The molecular formula is C22H33NO3S. The molecule has 2 N–H and O–H groups in total. The van der Waals surface area contributed by atoms with E-state index in [1.54, 1.807) is 25.9 Å². The Morgan fingerprint density at radius 1 is 1.41 bits per heavy atom. The number of hydrogen-bond donors (Lipinski definition) is 2. The molecule has 2 fully saturated rings. The molecule has 0 saturated heterocycles. The minimum absolute atomic E-state index is 0.0455. The zero-order valence-corrected chi connectivity index (χ0v) is 17.9. The largest absolute Gasteiger partial charge is 0.392 e. The topological polar surface area (TPSA) is 60.8 Å². The molecule has 0 aliphatic heterocycles. The summed E-state index contributed by atoms with van der Waals surface area (Å²) in [5, 5.41) is 20.9. The molecule has 27 heavy (non-hydrogen) atoms. The van der Waals surface area contributed by atoms with E-state index in [4.69, 9.17) is 0 Å². The Labute approximate surface area is 168 Å². The number of thioether (sulfide) groups is 1. The fraction of sp³-hybridized carbons (Fsp3) is 0.682. The second-order valence-corrected chi connectivity index (χ2v) is 8.85. The second kappa shape index (κ2) is 9.82. The molecule has 0 aromatic rings. The first-order valence-corrected chi connectivity index (χ1v) is 10.9. The van der Waals surface area contributed by atoms with E-state index < -0.39 is 6.10 Å². The van der Waals surface area contributed by atoms with Gasteiger partial charge in [-0.05, 0) is 50.2 Å². The van der Waals surface area contributed by atoms with Gasteiger partial charge in [0.1, 0.15) is 0 Å². The zero-order chi connectivity index (χ0) is 20.1. The maximum Gasteiger partial charge on any atom is 0.259 e. The van der Waals surface area contributed by atoms with E-state index in [9.17, 15) is 15.0 Å². The Bertz CT molecular complexity index is 658. The molecule has 5 heteroatoms. The normalized spacial score (nSPS) is 31.2. The lowest BCUT2D eigenvalue weighted by Crippen LogP contribution is -2.23. The average Bonchev–Trinajstić information content (AvgIpc) is 3.15. The summed E-state index contributed by atoms with van der Waals surface area (Å²) in [4.78, 5) is 14.9. The number of aliphatic hydroxyl groups is 2.